The van der Waals surface area contributed by atoms with Crippen molar-refractivity contribution in [3.8, 4) is 5.75 Å². The third-order valence-electron chi connectivity index (χ3n) is 5.91. The number of nitrogens with two attached hydrogens (primary N) is 1. The first-order chi connectivity index (χ1) is 13.8. The Morgan fingerprint density at radius 1 is 1.14 bits per heavy atom. The molecule has 2 aromatic rings. The van der Waals surface area contributed by atoms with E-state index in [1.54, 1.807) is 24.4 Å². The van der Waals surface area contributed by atoms with E-state index in [1.165, 1.54) is 43.5 Å². The Morgan fingerprint density at radius 2 is 1.79 bits per heavy atom. The number of nitrogens with zero attached hydrogens (tertiary/aromatic N) is 1. The van der Waals surface area contributed by atoms with Crippen LogP contribution in [0.5, 0.6) is 5.75 Å². The van der Waals surface area contributed by atoms with Gasteiger partial charge in [0, 0.05) is 12.5 Å². The number of esters is 1. The number of hydrogen-bond donors (Lipinski definition) is 2. The predicted molar refractivity (Wildman–Crippen MR) is 99.1 cm³/mol. The van der Waals surface area contributed by atoms with Crippen molar-refractivity contribution in [2.24, 2.45) is 11.8 Å². The standard InChI is InChI=1S/C21H19FN2O5/c1-21(20(28)29-2)16-15(17(23-21)11-7-9-12(25)10-8-11)18(26)24(19(16)27)14-6-4-3-5-13(14)22/h3-10,15-17,23,25H,1-2H3/p+1/t15-,16-,17-,21-/m0/s1. The lowest BCUT2D eigenvalue weighted by Crippen LogP contribution is -2.97. The quantitative estimate of drug-likeness (QED) is 0.590. The zero-order chi connectivity index (χ0) is 20.9. The van der Waals surface area contributed by atoms with E-state index in [0.717, 1.165) is 4.90 Å². The highest BCUT2D eigenvalue weighted by atomic mass is 19.1. The fourth-order valence-electron chi connectivity index (χ4n) is 4.55. The van der Waals surface area contributed by atoms with Crippen LogP contribution in [0.15, 0.2) is 48.5 Å². The number of hydrogen-bond acceptors (Lipinski definition) is 5. The molecule has 2 aliphatic rings. The first-order valence-corrected chi connectivity index (χ1v) is 9.15. The zero-order valence-corrected chi connectivity index (χ0v) is 15.8. The van der Waals surface area contributed by atoms with E-state index >= 15 is 0 Å². The highest BCUT2D eigenvalue weighted by molar-refractivity contribution is 6.23. The molecule has 2 aliphatic heterocycles. The number of amides is 2. The molecule has 0 bridgehead atoms. The molecule has 0 saturated carbocycles. The Bertz CT molecular complexity index is 1010. The van der Waals surface area contributed by atoms with Crippen LogP contribution in [0.2, 0.25) is 0 Å². The maximum Gasteiger partial charge on any atom is 0.368 e. The van der Waals surface area contributed by atoms with Crippen LogP contribution >= 0.6 is 0 Å². The van der Waals surface area contributed by atoms with Gasteiger partial charge in [0.1, 0.15) is 29.4 Å². The van der Waals surface area contributed by atoms with E-state index in [4.69, 9.17) is 4.74 Å². The van der Waals surface area contributed by atoms with Crippen LogP contribution in [0, 0.1) is 17.7 Å². The molecular weight excluding hydrogens is 379 g/mol. The summed E-state index contributed by atoms with van der Waals surface area (Å²) in [4.78, 5) is 40.1. The third kappa shape index (κ3) is 2.71. The summed E-state index contributed by atoms with van der Waals surface area (Å²) < 4.78 is 19.3. The number of carbonyl (C=O) groups excluding carboxylic acids is 3. The van der Waals surface area contributed by atoms with Gasteiger partial charge in [0.25, 0.3) is 0 Å². The molecule has 2 heterocycles. The summed E-state index contributed by atoms with van der Waals surface area (Å²) in [6.07, 6.45) is 0. The van der Waals surface area contributed by atoms with Gasteiger partial charge in [0.15, 0.2) is 0 Å². The highest BCUT2D eigenvalue weighted by Crippen LogP contribution is 2.46. The van der Waals surface area contributed by atoms with Crippen LogP contribution in [0.4, 0.5) is 10.1 Å². The number of halogens is 1. The molecule has 2 saturated heterocycles. The van der Waals surface area contributed by atoms with Crippen LogP contribution in [0.1, 0.15) is 18.5 Å². The topological polar surface area (TPSA) is 101 Å². The van der Waals surface area contributed by atoms with Crippen molar-refractivity contribution < 1.29 is 33.9 Å². The van der Waals surface area contributed by atoms with E-state index in [1.807, 2.05) is 0 Å². The first kappa shape index (κ1) is 19.1. The Labute approximate surface area is 166 Å². The number of ether oxygens (including phenoxy) is 1. The van der Waals surface area contributed by atoms with Crippen molar-refractivity contribution in [3.63, 3.8) is 0 Å². The zero-order valence-electron chi connectivity index (χ0n) is 15.8. The lowest BCUT2D eigenvalue weighted by Gasteiger charge is -2.25. The van der Waals surface area contributed by atoms with Crippen molar-refractivity contribution in [2.45, 2.75) is 18.5 Å². The van der Waals surface area contributed by atoms with Crippen molar-refractivity contribution in [3.05, 3.63) is 59.9 Å². The average molecular weight is 399 g/mol. The second-order valence-electron chi connectivity index (χ2n) is 7.53. The highest BCUT2D eigenvalue weighted by Gasteiger charge is 2.71. The van der Waals surface area contributed by atoms with E-state index < -0.39 is 47.0 Å². The van der Waals surface area contributed by atoms with E-state index in [9.17, 15) is 23.9 Å². The van der Waals surface area contributed by atoms with Crippen LogP contribution in [-0.2, 0) is 19.1 Å². The monoisotopic (exact) mass is 399 g/mol. The fraction of sp³-hybridized carbons (Fsp3) is 0.286. The molecule has 3 N–H and O–H groups in total. The van der Waals surface area contributed by atoms with Gasteiger partial charge >= 0.3 is 5.97 Å². The summed E-state index contributed by atoms with van der Waals surface area (Å²) in [5.41, 5.74) is -0.815. The molecule has 2 amide bonds. The van der Waals surface area contributed by atoms with Gasteiger partial charge in [-0.1, -0.05) is 12.1 Å². The molecule has 4 atom stereocenters. The minimum absolute atomic E-state index is 0.0563. The first-order valence-electron chi connectivity index (χ1n) is 9.15. The maximum atomic E-state index is 14.4. The van der Waals surface area contributed by atoms with Crippen molar-refractivity contribution >= 4 is 23.5 Å². The molecule has 2 aromatic carbocycles. The lowest BCUT2D eigenvalue weighted by atomic mass is 9.80. The molecule has 0 spiro atoms. The van der Waals surface area contributed by atoms with E-state index in [0.29, 0.717) is 5.56 Å². The van der Waals surface area contributed by atoms with Gasteiger partial charge in [-0.2, -0.15) is 0 Å². The molecule has 0 aliphatic carbocycles. The Morgan fingerprint density at radius 3 is 2.41 bits per heavy atom. The number of carbonyl (C=O) groups is 3. The maximum absolute atomic E-state index is 14.4. The molecule has 0 aromatic heterocycles. The second-order valence-corrected chi connectivity index (χ2v) is 7.53. The normalized spacial score (nSPS) is 28.5. The van der Waals surface area contributed by atoms with Gasteiger partial charge in [0.05, 0.1) is 12.8 Å². The van der Waals surface area contributed by atoms with Gasteiger partial charge in [0.2, 0.25) is 17.4 Å². The molecule has 29 heavy (non-hydrogen) atoms. The summed E-state index contributed by atoms with van der Waals surface area (Å²) in [5.74, 6) is -4.36. The van der Waals surface area contributed by atoms with Gasteiger partial charge in [-0.25, -0.2) is 14.1 Å². The number of imide groups is 1. The van der Waals surface area contributed by atoms with Crippen molar-refractivity contribution in [1.82, 2.24) is 0 Å². The van der Waals surface area contributed by atoms with Crippen LogP contribution in [0.3, 0.4) is 0 Å². The molecule has 4 rings (SSSR count). The molecule has 0 radical (unpaired) electrons. The number of methoxy groups -OCH3 is 1. The largest absolute Gasteiger partial charge is 0.508 e. The number of phenolic OH excluding ortho intramolecular Hbond substituents is 1. The van der Waals surface area contributed by atoms with E-state index in [2.05, 4.69) is 0 Å². The number of phenols is 1. The Balaban J connectivity index is 1.84. The second kappa shape index (κ2) is 6.66. The van der Waals surface area contributed by atoms with Crippen LogP contribution < -0.4 is 10.2 Å². The minimum atomic E-state index is -1.35. The van der Waals surface area contributed by atoms with Gasteiger partial charge in [-0.3, -0.25) is 9.59 Å². The average Bonchev–Trinajstić information content (AvgIpc) is 3.17. The predicted octanol–water partition coefficient (Wildman–Crippen LogP) is 0.887. The third-order valence-corrected chi connectivity index (χ3v) is 5.91. The summed E-state index contributed by atoms with van der Waals surface area (Å²) in [6.45, 7) is 1.56. The van der Waals surface area contributed by atoms with Gasteiger partial charge in [-0.05, 0) is 36.4 Å². The van der Waals surface area contributed by atoms with Crippen LogP contribution in [-0.4, -0.2) is 35.5 Å². The number of para-hydroxylation sites is 1. The number of fused-ring (bicyclic) bond motifs is 1. The summed E-state index contributed by atoms with van der Waals surface area (Å²) >= 11 is 0. The number of anilines is 1. The summed E-state index contributed by atoms with van der Waals surface area (Å²) in [7, 11) is 1.22. The smallest absolute Gasteiger partial charge is 0.368 e. The van der Waals surface area contributed by atoms with Gasteiger partial charge in [-0.15, -0.1) is 0 Å². The summed E-state index contributed by atoms with van der Waals surface area (Å²) in [5, 5.41) is 11.2. The van der Waals surface area contributed by atoms with Crippen molar-refractivity contribution in [2.75, 3.05) is 12.0 Å². The molecule has 8 heteroatoms. The molecule has 150 valence electrons. The molecule has 0 unspecified atom stereocenters. The number of quaternary nitrogens is 1. The number of benzene rings is 2. The summed E-state index contributed by atoms with van der Waals surface area (Å²) in [6, 6.07) is 11.2. The minimum Gasteiger partial charge on any atom is -0.508 e. The number of rotatable bonds is 3. The molecule has 2 fully saturated rings. The molecule has 7 nitrogen and oxygen atoms in total. The lowest BCUT2D eigenvalue weighted by molar-refractivity contribution is -0.730. The van der Waals surface area contributed by atoms with E-state index in [-0.39, 0.29) is 11.4 Å². The Kier molecular flexibility index (Phi) is 4.38. The Hall–Kier alpha value is -3.26. The van der Waals surface area contributed by atoms with Gasteiger partial charge < -0.3 is 15.2 Å². The SMILES string of the molecule is COC(=O)[C@@]1(C)[NH2+][C@@H](c2ccc(O)cc2)[C@H]2C(=O)N(c3ccccc3F)C(=O)[C@H]21. The van der Waals surface area contributed by atoms with Crippen molar-refractivity contribution in [1.29, 1.82) is 0 Å². The van der Waals surface area contributed by atoms with Crippen LogP contribution in [0.25, 0.3) is 0 Å². The number of aromatic hydroxyl groups is 1. The molecular formula is C21H20FN2O5+. The fourth-order valence-corrected chi connectivity index (χ4v) is 4.55.